The first kappa shape index (κ1) is 17.8. The van der Waals surface area contributed by atoms with Crippen LogP contribution in [-0.4, -0.2) is 38.3 Å². The van der Waals surface area contributed by atoms with Crippen LogP contribution >= 0.6 is 11.6 Å². The maximum atomic E-state index is 13.7. The number of hydrogen-bond donors (Lipinski definition) is 1. The molecule has 7 nitrogen and oxygen atoms in total. The summed E-state index contributed by atoms with van der Waals surface area (Å²) in [6, 6.07) is 2.93. The van der Waals surface area contributed by atoms with Crippen LogP contribution in [0.25, 0.3) is 0 Å². The number of amides is 1. The summed E-state index contributed by atoms with van der Waals surface area (Å²) in [6.07, 6.45) is 1.96. The summed E-state index contributed by atoms with van der Waals surface area (Å²) in [5, 5.41) is 2.94. The maximum Gasteiger partial charge on any atom is 0.276 e. The zero-order valence-electron chi connectivity index (χ0n) is 14.4. The Morgan fingerprint density at radius 3 is 2.56 bits per heavy atom. The Morgan fingerprint density at radius 1 is 1.22 bits per heavy atom. The van der Waals surface area contributed by atoms with Gasteiger partial charge in [-0.25, -0.2) is 18.7 Å². The monoisotopic (exact) mass is 395 g/mol. The van der Waals surface area contributed by atoms with Gasteiger partial charge >= 0.3 is 0 Å². The largest absolute Gasteiger partial charge is 0.336 e. The topological polar surface area (TPSA) is 80.1 Å². The SMILES string of the molecule is CN1C(=O)c2c(Cl)cc(Nc3ccncn3)c(=O)n2C12CCC(F)(F)CC2. The lowest BCUT2D eigenvalue weighted by Crippen LogP contribution is -2.52. The highest BCUT2D eigenvalue weighted by molar-refractivity contribution is 6.34. The number of carbonyl (C=O) groups excluding carboxylic acids is 1. The van der Waals surface area contributed by atoms with Gasteiger partial charge in [-0.15, -0.1) is 0 Å². The molecule has 1 aliphatic carbocycles. The average molecular weight is 396 g/mol. The van der Waals surface area contributed by atoms with Crippen LogP contribution in [0.4, 0.5) is 20.3 Å². The highest BCUT2D eigenvalue weighted by Gasteiger charge is 2.54. The number of carbonyl (C=O) groups is 1. The second-order valence-corrected chi connectivity index (χ2v) is 7.22. The minimum atomic E-state index is -2.80. The third-order valence-electron chi connectivity index (χ3n) is 5.33. The van der Waals surface area contributed by atoms with Crippen LogP contribution < -0.4 is 10.9 Å². The molecule has 0 unspecified atom stereocenters. The number of anilines is 2. The van der Waals surface area contributed by atoms with Crippen molar-refractivity contribution < 1.29 is 13.6 Å². The van der Waals surface area contributed by atoms with Crippen molar-refractivity contribution in [3.8, 4) is 0 Å². The number of nitrogens with one attached hydrogen (secondary N) is 1. The number of alkyl halides is 2. The summed E-state index contributed by atoms with van der Waals surface area (Å²) >= 11 is 6.30. The van der Waals surface area contributed by atoms with Crippen LogP contribution in [-0.2, 0) is 5.66 Å². The van der Waals surface area contributed by atoms with Crippen molar-refractivity contribution in [2.24, 2.45) is 0 Å². The Kier molecular flexibility index (Phi) is 3.95. The fourth-order valence-electron chi connectivity index (χ4n) is 3.85. The van der Waals surface area contributed by atoms with Gasteiger partial charge in [-0.1, -0.05) is 11.6 Å². The number of halogens is 3. The molecular weight excluding hydrogens is 380 g/mol. The Bertz CT molecular complexity index is 969. The van der Waals surface area contributed by atoms with Gasteiger partial charge in [0.25, 0.3) is 11.5 Å². The molecule has 0 bridgehead atoms. The van der Waals surface area contributed by atoms with E-state index in [9.17, 15) is 18.4 Å². The van der Waals surface area contributed by atoms with Gasteiger partial charge in [0.2, 0.25) is 5.92 Å². The van der Waals surface area contributed by atoms with E-state index in [1.54, 1.807) is 6.07 Å². The first-order valence-corrected chi connectivity index (χ1v) is 8.78. The lowest BCUT2D eigenvalue weighted by Gasteiger charge is -2.42. The molecule has 1 saturated carbocycles. The molecular formula is C17H16ClF2N5O2. The highest BCUT2D eigenvalue weighted by Crippen LogP contribution is 2.48. The van der Waals surface area contributed by atoms with Crippen molar-refractivity contribution in [1.29, 1.82) is 0 Å². The third kappa shape index (κ3) is 2.68. The number of pyridine rings is 1. The summed E-state index contributed by atoms with van der Waals surface area (Å²) in [4.78, 5) is 35.1. The molecule has 0 aromatic carbocycles. The fourth-order valence-corrected chi connectivity index (χ4v) is 4.12. The van der Waals surface area contributed by atoms with E-state index >= 15 is 0 Å². The van der Waals surface area contributed by atoms with Crippen molar-refractivity contribution >= 4 is 29.0 Å². The van der Waals surface area contributed by atoms with E-state index in [1.165, 1.54) is 35.1 Å². The Labute approximate surface area is 158 Å². The Hall–Kier alpha value is -2.55. The second-order valence-electron chi connectivity index (χ2n) is 6.82. The molecule has 0 radical (unpaired) electrons. The van der Waals surface area contributed by atoms with Crippen LogP contribution in [0, 0.1) is 0 Å². The van der Waals surface area contributed by atoms with Crippen molar-refractivity contribution in [3.05, 3.63) is 45.7 Å². The molecule has 0 atom stereocenters. The first-order chi connectivity index (χ1) is 12.8. The zero-order chi connectivity index (χ0) is 19.4. The molecule has 1 spiro atoms. The van der Waals surface area contributed by atoms with Gasteiger partial charge < -0.3 is 10.2 Å². The van der Waals surface area contributed by atoms with E-state index in [2.05, 4.69) is 15.3 Å². The molecule has 4 rings (SSSR count). The van der Waals surface area contributed by atoms with E-state index in [-0.39, 0.29) is 29.2 Å². The van der Waals surface area contributed by atoms with Crippen LogP contribution in [0.15, 0.2) is 29.5 Å². The van der Waals surface area contributed by atoms with E-state index in [0.717, 1.165) is 0 Å². The van der Waals surface area contributed by atoms with Gasteiger partial charge in [0.15, 0.2) is 0 Å². The summed E-state index contributed by atoms with van der Waals surface area (Å²) in [6.45, 7) is 0. The van der Waals surface area contributed by atoms with Crippen LogP contribution in [0.1, 0.15) is 36.2 Å². The average Bonchev–Trinajstić information content (AvgIpc) is 2.86. The summed E-state index contributed by atoms with van der Waals surface area (Å²) in [5.41, 5.74) is -1.50. The molecule has 10 heteroatoms. The molecule has 2 aromatic heterocycles. The zero-order valence-corrected chi connectivity index (χ0v) is 15.1. The lowest BCUT2D eigenvalue weighted by atomic mass is 9.85. The van der Waals surface area contributed by atoms with E-state index in [4.69, 9.17) is 11.6 Å². The molecule has 1 N–H and O–H groups in total. The predicted octanol–water partition coefficient (Wildman–Crippen LogP) is 2.98. The smallest absolute Gasteiger partial charge is 0.276 e. The van der Waals surface area contributed by atoms with E-state index in [0.29, 0.717) is 5.82 Å². The minimum Gasteiger partial charge on any atom is -0.336 e. The van der Waals surface area contributed by atoms with Gasteiger partial charge in [-0.3, -0.25) is 14.2 Å². The maximum absolute atomic E-state index is 13.7. The van der Waals surface area contributed by atoms with Gasteiger partial charge in [0, 0.05) is 26.1 Å². The first-order valence-electron chi connectivity index (χ1n) is 8.40. The molecule has 3 heterocycles. The van der Waals surface area contributed by atoms with Crippen molar-refractivity contribution in [2.75, 3.05) is 12.4 Å². The van der Waals surface area contributed by atoms with Crippen molar-refractivity contribution in [2.45, 2.75) is 37.3 Å². The van der Waals surface area contributed by atoms with Crippen molar-refractivity contribution in [1.82, 2.24) is 19.4 Å². The van der Waals surface area contributed by atoms with Crippen molar-refractivity contribution in [3.63, 3.8) is 0 Å². The molecule has 1 aliphatic heterocycles. The van der Waals surface area contributed by atoms with Gasteiger partial charge in [0.05, 0.1) is 5.02 Å². The lowest BCUT2D eigenvalue weighted by molar-refractivity contribution is -0.0897. The molecule has 1 amide bonds. The summed E-state index contributed by atoms with van der Waals surface area (Å²) < 4.78 is 28.8. The van der Waals surface area contributed by atoms with Crippen LogP contribution in [0.5, 0.6) is 0 Å². The second kappa shape index (κ2) is 5.98. The number of nitrogens with zero attached hydrogens (tertiary/aromatic N) is 4. The third-order valence-corrected chi connectivity index (χ3v) is 5.62. The van der Waals surface area contributed by atoms with Gasteiger partial charge in [0.1, 0.15) is 29.2 Å². The molecule has 27 heavy (non-hydrogen) atoms. The standard InChI is InChI=1S/C17H16ClF2N5O2/c1-24-15(27)13-10(18)8-11(23-12-2-7-21-9-22-12)14(26)25(13)17(24)5-3-16(19,20)4-6-17/h2,7-9H,3-6H2,1H3,(H,21,22,23). The quantitative estimate of drug-likeness (QED) is 0.845. The Balaban J connectivity index is 1.85. The molecule has 2 aromatic rings. The van der Waals surface area contributed by atoms with Gasteiger partial charge in [-0.2, -0.15) is 0 Å². The van der Waals surface area contributed by atoms with Gasteiger partial charge in [-0.05, 0) is 25.0 Å². The number of hydrogen-bond acceptors (Lipinski definition) is 5. The van der Waals surface area contributed by atoms with E-state index < -0.39 is 35.9 Å². The molecule has 0 saturated heterocycles. The highest BCUT2D eigenvalue weighted by atomic mass is 35.5. The number of aromatic nitrogens is 3. The minimum absolute atomic E-state index is 0.0254. The molecule has 1 fully saturated rings. The fraction of sp³-hybridized carbons (Fsp3) is 0.412. The normalized spacial score (nSPS) is 20.0. The number of fused-ring (bicyclic) bond motifs is 2. The summed E-state index contributed by atoms with van der Waals surface area (Å²) in [7, 11) is 1.52. The number of rotatable bonds is 2. The predicted molar refractivity (Wildman–Crippen MR) is 94.5 cm³/mol. The molecule has 142 valence electrons. The molecule has 2 aliphatic rings. The summed E-state index contributed by atoms with van der Waals surface area (Å²) in [5.74, 6) is -2.88. The van der Waals surface area contributed by atoms with Crippen LogP contribution in [0.3, 0.4) is 0 Å². The van der Waals surface area contributed by atoms with E-state index in [1.807, 2.05) is 0 Å². The Morgan fingerprint density at radius 2 is 1.93 bits per heavy atom. The van der Waals surface area contributed by atoms with Crippen LogP contribution in [0.2, 0.25) is 5.02 Å².